The van der Waals surface area contributed by atoms with Crippen LogP contribution in [0.4, 0.5) is 0 Å². The molecule has 0 aromatic heterocycles. The standard InChI is InChI=1S/C19H32N4O2/c1-5-6-9-21-19(20-2)23-12-10-22(11-13-23)15-16-14-17(24-3)7-8-18(16)25-4/h7-8,14H,5-6,9-13,15H2,1-4H3,(H,20,21). The van der Waals surface area contributed by atoms with Crippen LogP contribution in [0.5, 0.6) is 11.5 Å². The van der Waals surface area contributed by atoms with Gasteiger partial charge in [-0.1, -0.05) is 13.3 Å². The predicted octanol–water partition coefficient (Wildman–Crippen LogP) is 2.20. The number of aliphatic imine (C=N–C) groups is 1. The topological polar surface area (TPSA) is 49.3 Å². The maximum Gasteiger partial charge on any atom is 0.193 e. The van der Waals surface area contributed by atoms with Crippen LogP contribution >= 0.6 is 0 Å². The van der Waals surface area contributed by atoms with E-state index in [0.29, 0.717) is 0 Å². The molecule has 0 unspecified atom stereocenters. The van der Waals surface area contributed by atoms with Gasteiger partial charge in [-0.2, -0.15) is 0 Å². The zero-order valence-electron chi connectivity index (χ0n) is 16.0. The van der Waals surface area contributed by atoms with Gasteiger partial charge in [0.05, 0.1) is 14.2 Å². The molecule has 0 atom stereocenters. The van der Waals surface area contributed by atoms with Crippen molar-refractivity contribution < 1.29 is 9.47 Å². The summed E-state index contributed by atoms with van der Waals surface area (Å²) in [7, 11) is 5.28. The summed E-state index contributed by atoms with van der Waals surface area (Å²) < 4.78 is 10.8. The molecule has 1 heterocycles. The van der Waals surface area contributed by atoms with E-state index in [1.807, 2.05) is 19.2 Å². The summed E-state index contributed by atoms with van der Waals surface area (Å²) in [6.07, 6.45) is 2.37. The van der Waals surface area contributed by atoms with Gasteiger partial charge in [-0.15, -0.1) is 0 Å². The van der Waals surface area contributed by atoms with E-state index in [4.69, 9.17) is 9.47 Å². The van der Waals surface area contributed by atoms with Crippen LogP contribution in [0.3, 0.4) is 0 Å². The van der Waals surface area contributed by atoms with Crippen molar-refractivity contribution in [1.82, 2.24) is 15.1 Å². The van der Waals surface area contributed by atoms with Crippen LogP contribution in [0.1, 0.15) is 25.3 Å². The number of nitrogens with zero attached hydrogens (tertiary/aromatic N) is 3. The number of methoxy groups -OCH3 is 2. The van der Waals surface area contributed by atoms with Gasteiger partial charge in [-0.3, -0.25) is 9.89 Å². The number of benzene rings is 1. The van der Waals surface area contributed by atoms with E-state index in [9.17, 15) is 0 Å². The molecule has 25 heavy (non-hydrogen) atoms. The number of unbranched alkanes of at least 4 members (excludes halogenated alkanes) is 1. The third-order valence-electron chi connectivity index (χ3n) is 4.58. The first-order valence-electron chi connectivity index (χ1n) is 9.10. The second-order valence-corrected chi connectivity index (χ2v) is 6.27. The van der Waals surface area contributed by atoms with Crippen molar-refractivity contribution in [2.45, 2.75) is 26.3 Å². The lowest BCUT2D eigenvalue weighted by molar-refractivity contribution is 0.171. The van der Waals surface area contributed by atoms with Gasteiger partial charge in [0.15, 0.2) is 5.96 Å². The largest absolute Gasteiger partial charge is 0.497 e. The fraction of sp³-hybridized carbons (Fsp3) is 0.632. The second-order valence-electron chi connectivity index (χ2n) is 6.27. The summed E-state index contributed by atoms with van der Waals surface area (Å²) in [4.78, 5) is 9.21. The summed E-state index contributed by atoms with van der Waals surface area (Å²) in [6, 6.07) is 5.98. The average molecular weight is 348 g/mol. The lowest BCUT2D eigenvalue weighted by Crippen LogP contribution is -2.52. The monoisotopic (exact) mass is 348 g/mol. The smallest absolute Gasteiger partial charge is 0.193 e. The molecule has 0 amide bonds. The number of rotatable bonds is 7. The molecular formula is C19H32N4O2. The Kier molecular flexibility index (Phi) is 7.85. The van der Waals surface area contributed by atoms with E-state index in [1.54, 1.807) is 14.2 Å². The molecule has 0 aliphatic carbocycles. The van der Waals surface area contributed by atoms with Crippen molar-refractivity contribution >= 4 is 5.96 Å². The van der Waals surface area contributed by atoms with Gasteiger partial charge in [0.2, 0.25) is 0 Å². The fourth-order valence-electron chi connectivity index (χ4n) is 3.07. The Morgan fingerprint density at radius 3 is 2.52 bits per heavy atom. The molecule has 6 nitrogen and oxygen atoms in total. The highest BCUT2D eigenvalue weighted by Crippen LogP contribution is 2.25. The van der Waals surface area contributed by atoms with Gasteiger partial charge < -0.3 is 19.7 Å². The van der Waals surface area contributed by atoms with E-state index in [2.05, 4.69) is 33.1 Å². The molecule has 0 radical (unpaired) electrons. The van der Waals surface area contributed by atoms with Crippen LogP contribution in [0.15, 0.2) is 23.2 Å². The molecule has 1 aliphatic rings. The van der Waals surface area contributed by atoms with E-state index < -0.39 is 0 Å². The van der Waals surface area contributed by atoms with Crippen molar-refractivity contribution in [3.05, 3.63) is 23.8 Å². The Morgan fingerprint density at radius 1 is 1.16 bits per heavy atom. The van der Waals surface area contributed by atoms with Crippen molar-refractivity contribution in [2.24, 2.45) is 4.99 Å². The van der Waals surface area contributed by atoms with E-state index >= 15 is 0 Å². The number of guanidine groups is 1. The quantitative estimate of drug-likeness (QED) is 0.465. The lowest BCUT2D eigenvalue weighted by Gasteiger charge is -2.36. The van der Waals surface area contributed by atoms with Crippen molar-refractivity contribution in [3.63, 3.8) is 0 Å². The average Bonchev–Trinajstić information content (AvgIpc) is 2.66. The summed E-state index contributed by atoms with van der Waals surface area (Å²) in [5, 5.41) is 3.46. The zero-order valence-corrected chi connectivity index (χ0v) is 16.0. The van der Waals surface area contributed by atoms with Crippen LogP contribution in [-0.4, -0.2) is 69.8 Å². The summed E-state index contributed by atoms with van der Waals surface area (Å²) in [6.45, 7) is 8.05. The van der Waals surface area contributed by atoms with Crippen molar-refractivity contribution in [2.75, 3.05) is 54.0 Å². The Balaban J connectivity index is 1.90. The molecule has 1 aromatic carbocycles. The molecule has 0 spiro atoms. The first-order chi connectivity index (χ1) is 12.2. The van der Waals surface area contributed by atoms with Gasteiger partial charge in [0.1, 0.15) is 11.5 Å². The van der Waals surface area contributed by atoms with Crippen LogP contribution in [0, 0.1) is 0 Å². The Bertz CT molecular complexity index is 554. The van der Waals surface area contributed by atoms with Gasteiger partial charge in [-0.25, -0.2) is 0 Å². The van der Waals surface area contributed by atoms with Gasteiger partial charge in [0.25, 0.3) is 0 Å². The molecule has 1 aliphatic heterocycles. The fourth-order valence-corrected chi connectivity index (χ4v) is 3.07. The van der Waals surface area contributed by atoms with Crippen molar-refractivity contribution in [3.8, 4) is 11.5 Å². The summed E-state index contributed by atoms with van der Waals surface area (Å²) >= 11 is 0. The zero-order chi connectivity index (χ0) is 18.1. The van der Waals surface area contributed by atoms with E-state index in [0.717, 1.165) is 56.7 Å². The van der Waals surface area contributed by atoms with Gasteiger partial charge in [0, 0.05) is 51.9 Å². The maximum atomic E-state index is 5.50. The molecular weight excluding hydrogens is 316 g/mol. The predicted molar refractivity (Wildman–Crippen MR) is 103 cm³/mol. The summed E-state index contributed by atoms with van der Waals surface area (Å²) in [5.41, 5.74) is 1.17. The molecule has 1 N–H and O–H groups in total. The van der Waals surface area contributed by atoms with Gasteiger partial charge >= 0.3 is 0 Å². The number of nitrogens with one attached hydrogen (secondary N) is 1. The number of hydrogen-bond acceptors (Lipinski definition) is 4. The number of piperazine rings is 1. The number of hydrogen-bond donors (Lipinski definition) is 1. The Morgan fingerprint density at radius 2 is 1.92 bits per heavy atom. The third-order valence-corrected chi connectivity index (χ3v) is 4.58. The molecule has 2 rings (SSSR count). The molecule has 0 bridgehead atoms. The molecule has 1 fully saturated rings. The summed E-state index contributed by atoms with van der Waals surface area (Å²) in [5.74, 6) is 2.81. The first-order valence-corrected chi connectivity index (χ1v) is 9.10. The number of ether oxygens (including phenoxy) is 2. The highest BCUT2D eigenvalue weighted by molar-refractivity contribution is 5.79. The highest BCUT2D eigenvalue weighted by Gasteiger charge is 2.20. The first kappa shape index (κ1) is 19.4. The highest BCUT2D eigenvalue weighted by atomic mass is 16.5. The molecule has 6 heteroatoms. The van der Waals surface area contributed by atoms with Crippen molar-refractivity contribution in [1.29, 1.82) is 0 Å². The molecule has 1 aromatic rings. The van der Waals surface area contributed by atoms with Crippen LogP contribution in [-0.2, 0) is 6.54 Å². The van der Waals surface area contributed by atoms with Crippen LogP contribution in [0.25, 0.3) is 0 Å². The normalized spacial score (nSPS) is 16.0. The Labute approximate surface area is 151 Å². The van der Waals surface area contributed by atoms with Gasteiger partial charge in [-0.05, 0) is 24.6 Å². The van der Waals surface area contributed by atoms with E-state index in [1.165, 1.54) is 18.4 Å². The second kappa shape index (κ2) is 10.1. The minimum atomic E-state index is 0.870. The minimum absolute atomic E-state index is 0.870. The lowest BCUT2D eigenvalue weighted by atomic mass is 10.1. The SMILES string of the molecule is CCCCNC(=NC)N1CCN(Cc2cc(OC)ccc2OC)CC1. The third kappa shape index (κ3) is 5.53. The molecule has 140 valence electrons. The molecule has 1 saturated heterocycles. The minimum Gasteiger partial charge on any atom is -0.497 e. The van der Waals surface area contributed by atoms with Crippen LogP contribution in [0.2, 0.25) is 0 Å². The van der Waals surface area contributed by atoms with E-state index in [-0.39, 0.29) is 0 Å². The molecule has 0 saturated carbocycles. The van der Waals surface area contributed by atoms with Crippen LogP contribution < -0.4 is 14.8 Å². The maximum absolute atomic E-state index is 5.50. The Hall–Kier alpha value is -1.95.